The number of ketones is 2. The molecule has 4 nitrogen and oxygen atoms in total. The van der Waals surface area contributed by atoms with Crippen molar-refractivity contribution in [1.29, 1.82) is 0 Å². The maximum atomic E-state index is 13.4. The molecule has 0 aliphatic heterocycles. The van der Waals surface area contributed by atoms with Crippen LogP contribution in [0.2, 0.25) is 0 Å². The first-order valence-corrected chi connectivity index (χ1v) is 10.6. The molecule has 0 heterocycles. The normalized spacial score (nSPS) is 46.0. The highest BCUT2D eigenvalue weighted by atomic mass is 16.5. The van der Waals surface area contributed by atoms with Gasteiger partial charge in [-0.05, 0) is 74.2 Å². The Morgan fingerprint density at radius 3 is 2.56 bits per heavy atom. The molecule has 0 bridgehead atoms. The van der Waals surface area contributed by atoms with Crippen molar-refractivity contribution in [3.63, 3.8) is 0 Å². The van der Waals surface area contributed by atoms with Crippen LogP contribution in [0.25, 0.3) is 0 Å². The smallest absolute Gasteiger partial charge is 0.302 e. The molecular weight excluding hydrogens is 340 g/mol. The van der Waals surface area contributed by atoms with Crippen LogP contribution in [-0.2, 0) is 19.1 Å². The highest BCUT2D eigenvalue weighted by Crippen LogP contribution is 2.65. The van der Waals surface area contributed by atoms with Gasteiger partial charge in [-0.1, -0.05) is 19.9 Å². The predicted molar refractivity (Wildman–Crippen MR) is 102 cm³/mol. The summed E-state index contributed by atoms with van der Waals surface area (Å²) in [6.07, 6.45) is 8.46. The topological polar surface area (TPSA) is 60.4 Å². The monoisotopic (exact) mass is 372 g/mol. The summed E-state index contributed by atoms with van der Waals surface area (Å²) in [6.45, 7) is 7.59. The van der Waals surface area contributed by atoms with E-state index in [1.54, 1.807) is 6.92 Å². The molecule has 3 fully saturated rings. The molecule has 4 rings (SSSR count). The minimum absolute atomic E-state index is 0.0109. The van der Waals surface area contributed by atoms with Gasteiger partial charge in [-0.3, -0.25) is 14.4 Å². The maximum absolute atomic E-state index is 13.4. The summed E-state index contributed by atoms with van der Waals surface area (Å²) < 4.78 is 5.50. The Bertz CT molecular complexity index is 722. The summed E-state index contributed by atoms with van der Waals surface area (Å²) in [6, 6.07) is 0. The summed E-state index contributed by atoms with van der Waals surface area (Å²) >= 11 is 0. The molecule has 0 aromatic heterocycles. The number of hydrogen-bond donors (Lipinski definition) is 0. The molecule has 0 N–H and O–H groups in total. The SMILES string of the molecule is CC(=O)OC1CCC2(C)C(CCC3C4CC=C(C(C)=O)C4(C)CC(=O)C32)C1. The number of Topliss-reactive ketones (excluding diaryl/α,β-unsaturated/α-hetero) is 2. The van der Waals surface area contributed by atoms with Gasteiger partial charge < -0.3 is 4.74 Å². The number of fused-ring (bicyclic) bond motifs is 5. The standard InChI is InChI=1S/C23H32O4/c1-13(24)18-7-8-19-17-6-5-15-11-16(27-14(2)25)9-10-22(15,3)21(17)20(26)12-23(18,19)4/h7,15-17,19,21H,5-6,8-12H2,1-4H3. The molecule has 0 aromatic rings. The van der Waals surface area contributed by atoms with E-state index in [0.29, 0.717) is 30.0 Å². The van der Waals surface area contributed by atoms with Crippen LogP contribution >= 0.6 is 0 Å². The van der Waals surface area contributed by atoms with Gasteiger partial charge in [0.2, 0.25) is 0 Å². The van der Waals surface area contributed by atoms with Gasteiger partial charge in [-0.15, -0.1) is 0 Å². The van der Waals surface area contributed by atoms with Crippen molar-refractivity contribution in [3.05, 3.63) is 11.6 Å². The van der Waals surface area contributed by atoms with Crippen molar-refractivity contribution in [2.24, 2.45) is 34.5 Å². The molecule has 148 valence electrons. The molecular formula is C23H32O4. The Morgan fingerprint density at radius 1 is 1.15 bits per heavy atom. The summed E-state index contributed by atoms with van der Waals surface area (Å²) in [5.41, 5.74) is 0.643. The van der Waals surface area contributed by atoms with Crippen LogP contribution in [0.3, 0.4) is 0 Å². The van der Waals surface area contributed by atoms with Crippen LogP contribution in [0.1, 0.15) is 72.6 Å². The predicted octanol–water partition coefficient (Wildman–Crippen LogP) is 4.27. The highest BCUT2D eigenvalue weighted by molar-refractivity contribution is 5.97. The lowest BCUT2D eigenvalue weighted by molar-refractivity contribution is -0.166. The molecule has 0 amide bonds. The number of ether oxygens (including phenoxy) is 1. The number of carbonyl (C=O) groups excluding carboxylic acids is 3. The second-order valence-electron chi connectivity index (χ2n) is 10.0. The Kier molecular flexibility index (Phi) is 4.40. The molecule has 3 saturated carbocycles. The zero-order valence-electron chi connectivity index (χ0n) is 17.0. The van der Waals surface area contributed by atoms with E-state index in [4.69, 9.17) is 4.74 Å². The molecule has 4 aliphatic carbocycles. The zero-order valence-corrected chi connectivity index (χ0v) is 17.0. The first kappa shape index (κ1) is 18.9. The quantitative estimate of drug-likeness (QED) is 0.679. The van der Waals surface area contributed by atoms with Crippen LogP contribution in [0.4, 0.5) is 0 Å². The third-order valence-electron chi connectivity index (χ3n) is 8.60. The van der Waals surface area contributed by atoms with Crippen LogP contribution in [0.5, 0.6) is 0 Å². The zero-order chi connectivity index (χ0) is 19.6. The van der Waals surface area contributed by atoms with E-state index in [9.17, 15) is 14.4 Å². The van der Waals surface area contributed by atoms with Crippen molar-refractivity contribution >= 4 is 17.5 Å². The minimum Gasteiger partial charge on any atom is -0.463 e. The van der Waals surface area contributed by atoms with Gasteiger partial charge in [0.1, 0.15) is 11.9 Å². The average Bonchev–Trinajstić information content (AvgIpc) is 2.91. The Balaban J connectivity index is 1.60. The second-order valence-corrected chi connectivity index (χ2v) is 10.0. The molecule has 4 heteroatoms. The van der Waals surface area contributed by atoms with Gasteiger partial charge in [0.25, 0.3) is 0 Å². The molecule has 0 spiro atoms. The number of esters is 1. The molecule has 7 atom stereocenters. The number of carbonyl (C=O) groups is 3. The lowest BCUT2D eigenvalue weighted by atomic mass is 9.44. The fourth-order valence-electron chi connectivity index (χ4n) is 7.50. The molecule has 0 aromatic carbocycles. The largest absolute Gasteiger partial charge is 0.463 e. The van der Waals surface area contributed by atoms with Crippen LogP contribution in [-0.4, -0.2) is 23.6 Å². The summed E-state index contributed by atoms with van der Waals surface area (Å²) in [5.74, 6) is 1.66. The van der Waals surface area contributed by atoms with Crippen molar-refractivity contribution < 1.29 is 19.1 Å². The van der Waals surface area contributed by atoms with Crippen LogP contribution in [0.15, 0.2) is 11.6 Å². The third kappa shape index (κ3) is 2.74. The Morgan fingerprint density at radius 2 is 1.89 bits per heavy atom. The Labute approximate surface area is 162 Å². The Hall–Kier alpha value is -1.45. The lowest BCUT2D eigenvalue weighted by Gasteiger charge is -2.59. The summed E-state index contributed by atoms with van der Waals surface area (Å²) in [4.78, 5) is 37.0. The molecule has 0 saturated heterocycles. The highest BCUT2D eigenvalue weighted by Gasteiger charge is 2.62. The first-order chi connectivity index (χ1) is 12.7. The van der Waals surface area contributed by atoms with Gasteiger partial charge in [0.05, 0.1) is 0 Å². The first-order valence-electron chi connectivity index (χ1n) is 10.6. The molecule has 7 unspecified atom stereocenters. The lowest BCUT2D eigenvalue weighted by Crippen LogP contribution is -2.57. The van der Waals surface area contributed by atoms with E-state index in [1.165, 1.54) is 6.92 Å². The number of hydrogen-bond acceptors (Lipinski definition) is 4. The molecule has 27 heavy (non-hydrogen) atoms. The van der Waals surface area contributed by atoms with Crippen molar-refractivity contribution in [2.45, 2.75) is 78.7 Å². The van der Waals surface area contributed by atoms with Gasteiger partial charge in [-0.25, -0.2) is 0 Å². The van der Waals surface area contributed by atoms with E-state index in [1.807, 2.05) is 0 Å². The molecule has 4 aliphatic rings. The maximum Gasteiger partial charge on any atom is 0.302 e. The minimum atomic E-state index is -0.262. The van der Waals surface area contributed by atoms with E-state index in [2.05, 4.69) is 19.9 Å². The van der Waals surface area contributed by atoms with Crippen LogP contribution in [0, 0.1) is 34.5 Å². The van der Waals surface area contributed by atoms with E-state index in [-0.39, 0.29) is 34.6 Å². The van der Waals surface area contributed by atoms with E-state index in [0.717, 1.165) is 44.1 Å². The fourth-order valence-corrected chi connectivity index (χ4v) is 7.50. The van der Waals surface area contributed by atoms with Gasteiger partial charge >= 0.3 is 5.97 Å². The number of rotatable bonds is 2. The fraction of sp³-hybridized carbons (Fsp3) is 0.783. The molecule has 0 radical (unpaired) electrons. The third-order valence-corrected chi connectivity index (χ3v) is 8.60. The second kappa shape index (κ2) is 6.28. The summed E-state index contributed by atoms with van der Waals surface area (Å²) in [7, 11) is 0. The van der Waals surface area contributed by atoms with Gasteiger partial charge in [-0.2, -0.15) is 0 Å². The summed E-state index contributed by atoms with van der Waals surface area (Å²) in [5, 5.41) is 0. The van der Waals surface area contributed by atoms with Gasteiger partial charge in [0.15, 0.2) is 5.78 Å². The van der Waals surface area contributed by atoms with Crippen molar-refractivity contribution in [1.82, 2.24) is 0 Å². The van der Waals surface area contributed by atoms with E-state index >= 15 is 0 Å². The van der Waals surface area contributed by atoms with Crippen molar-refractivity contribution in [3.8, 4) is 0 Å². The van der Waals surface area contributed by atoms with Crippen LogP contribution < -0.4 is 0 Å². The van der Waals surface area contributed by atoms with E-state index < -0.39 is 0 Å². The van der Waals surface area contributed by atoms with Crippen molar-refractivity contribution in [2.75, 3.05) is 0 Å². The van der Waals surface area contributed by atoms with Gasteiger partial charge in [0, 0.05) is 24.7 Å². The number of allylic oxidation sites excluding steroid dienone is 2. The average molecular weight is 373 g/mol.